The van der Waals surface area contributed by atoms with E-state index in [0.29, 0.717) is 29.8 Å². The van der Waals surface area contributed by atoms with Crippen molar-refractivity contribution in [3.8, 4) is 16.4 Å². The van der Waals surface area contributed by atoms with Crippen molar-refractivity contribution in [2.24, 2.45) is 5.92 Å². The average molecular weight is 377 g/mol. The topological polar surface area (TPSA) is 30.7 Å². The molecule has 1 aromatic carbocycles. The molecular weight excluding hydrogens is 359 g/mol. The quantitative estimate of drug-likeness (QED) is 0.595. The SMILES string of the molecule is Cc1ccc(-c2csc(-n3nc4c(c3C(F)(F)F)C[C@@H](C)CC4)n2)cc1. The first-order valence-corrected chi connectivity index (χ1v) is 9.42. The summed E-state index contributed by atoms with van der Waals surface area (Å²) in [5, 5.41) is 6.33. The van der Waals surface area contributed by atoms with Crippen LogP contribution in [0.2, 0.25) is 0 Å². The van der Waals surface area contributed by atoms with Gasteiger partial charge in [0.2, 0.25) is 5.13 Å². The maximum Gasteiger partial charge on any atom is 0.433 e. The molecule has 136 valence electrons. The van der Waals surface area contributed by atoms with Gasteiger partial charge < -0.3 is 0 Å². The van der Waals surface area contributed by atoms with Gasteiger partial charge in [-0.3, -0.25) is 0 Å². The van der Waals surface area contributed by atoms with Crippen molar-refractivity contribution in [1.29, 1.82) is 0 Å². The van der Waals surface area contributed by atoms with Crippen LogP contribution in [0.15, 0.2) is 29.6 Å². The van der Waals surface area contributed by atoms with Crippen LogP contribution in [0.5, 0.6) is 0 Å². The highest BCUT2D eigenvalue weighted by Crippen LogP contribution is 2.39. The third kappa shape index (κ3) is 3.05. The predicted molar refractivity (Wildman–Crippen MR) is 95.6 cm³/mol. The molecule has 1 aliphatic carbocycles. The molecular formula is C19H18F3N3S. The van der Waals surface area contributed by atoms with Crippen molar-refractivity contribution in [3.05, 3.63) is 52.2 Å². The number of nitrogens with zero attached hydrogens (tertiary/aromatic N) is 3. The maximum absolute atomic E-state index is 13.8. The lowest BCUT2D eigenvalue weighted by molar-refractivity contribution is -0.143. The second-order valence-electron chi connectivity index (χ2n) is 6.91. The van der Waals surface area contributed by atoms with Crippen molar-refractivity contribution in [1.82, 2.24) is 14.8 Å². The molecule has 0 unspecified atom stereocenters. The summed E-state index contributed by atoms with van der Waals surface area (Å²) < 4.78 is 42.3. The third-order valence-electron chi connectivity index (χ3n) is 4.78. The number of thiazole rings is 1. The minimum atomic E-state index is -4.45. The second kappa shape index (κ2) is 6.23. The molecule has 2 aromatic heterocycles. The average Bonchev–Trinajstić information content (AvgIpc) is 3.18. The smallest absolute Gasteiger partial charge is 0.218 e. The zero-order valence-electron chi connectivity index (χ0n) is 14.5. The number of hydrogen-bond donors (Lipinski definition) is 0. The Morgan fingerprint density at radius 3 is 2.62 bits per heavy atom. The third-order valence-corrected chi connectivity index (χ3v) is 5.60. The molecule has 0 spiro atoms. The molecule has 4 rings (SSSR count). The normalized spacial score (nSPS) is 17.3. The Bertz CT molecular complexity index is 938. The van der Waals surface area contributed by atoms with Crippen molar-refractivity contribution in [3.63, 3.8) is 0 Å². The van der Waals surface area contributed by atoms with E-state index in [4.69, 9.17) is 0 Å². The Hall–Kier alpha value is -2.15. The molecule has 0 bridgehead atoms. The summed E-state index contributed by atoms with van der Waals surface area (Å²) in [5.41, 5.74) is 2.91. The summed E-state index contributed by atoms with van der Waals surface area (Å²) in [4.78, 5) is 4.44. The van der Waals surface area contributed by atoms with Crippen LogP contribution in [0.3, 0.4) is 0 Å². The molecule has 2 heterocycles. The molecule has 0 fully saturated rings. The number of hydrogen-bond acceptors (Lipinski definition) is 3. The number of alkyl halides is 3. The highest BCUT2D eigenvalue weighted by molar-refractivity contribution is 7.12. The monoisotopic (exact) mass is 377 g/mol. The van der Waals surface area contributed by atoms with Gasteiger partial charge in [0.15, 0.2) is 5.69 Å². The molecule has 0 aliphatic heterocycles. The highest BCUT2D eigenvalue weighted by atomic mass is 32.1. The van der Waals surface area contributed by atoms with Gasteiger partial charge >= 0.3 is 6.18 Å². The van der Waals surface area contributed by atoms with Gasteiger partial charge in [-0.05, 0) is 32.1 Å². The fraction of sp³-hybridized carbons (Fsp3) is 0.368. The zero-order valence-corrected chi connectivity index (χ0v) is 15.3. The molecule has 1 aliphatic rings. The van der Waals surface area contributed by atoms with E-state index in [1.54, 1.807) is 5.38 Å². The van der Waals surface area contributed by atoms with E-state index in [1.165, 1.54) is 11.3 Å². The molecule has 1 atom stereocenters. The maximum atomic E-state index is 13.8. The summed E-state index contributed by atoms with van der Waals surface area (Å²) in [7, 11) is 0. The van der Waals surface area contributed by atoms with E-state index in [2.05, 4.69) is 10.1 Å². The minimum Gasteiger partial charge on any atom is -0.218 e. The van der Waals surface area contributed by atoms with E-state index in [9.17, 15) is 13.2 Å². The van der Waals surface area contributed by atoms with Gasteiger partial charge in [-0.15, -0.1) is 11.3 Å². The van der Waals surface area contributed by atoms with E-state index in [0.717, 1.165) is 22.2 Å². The summed E-state index contributed by atoms with van der Waals surface area (Å²) >= 11 is 1.19. The number of aryl methyl sites for hydroxylation is 2. The molecule has 0 saturated carbocycles. The molecule has 3 nitrogen and oxygen atoms in total. The Morgan fingerprint density at radius 1 is 1.19 bits per heavy atom. The number of fused-ring (bicyclic) bond motifs is 1. The Kier molecular flexibility index (Phi) is 4.14. The largest absolute Gasteiger partial charge is 0.433 e. The van der Waals surface area contributed by atoms with Crippen molar-refractivity contribution < 1.29 is 13.2 Å². The molecule has 0 radical (unpaired) electrons. The molecule has 3 aromatic rings. The fourth-order valence-electron chi connectivity index (χ4n) is 3.39. The molecule has 26 heavy (non-hydrogen) atoms. The van der Waals surface area contributed by atoms with Gasteiger partial charge in [0.05, 0.1) is 11.4 Å². The van der Waals surface area contributed by atoms with Crippen LogP contribution in [0, 0.1) is 12.8 Å². The molecule has 0 saturated heterocycles. The Morgan fingerprint density at radius 2 is 1.92 bits per heavy atom. The molecule has 0 N–H and O–H groups in total. The Balaban J connectivity index is 1.80. The van der Waals surface area contributed by atoms with Gasteiger partial charge in [-0.1, -0.05) is 36.8 Å². The summed E-state index contributed by atoms with van der Waals surface area (Å²) in [6, 6.07) is 7.77. The summed E-state index contributed by atoms with van der Waals surface area (Å²) in [6.07, 6.45) is -2.58. The van der Waals surface area contributed by atoms with Crippen molar-refractivity contribution in [2.75, 3.05) is 0 Å². The summed E-state index contributed by atoms with van der Waals surface area (Å²) in [6.45, 7) is 3.97. The van der Waals surface area contributed by atoms with Crippen LogP contribution in [0.25, 0.3) is 16.4 Å². The first-order valence-electron chi connectivity index (χ1n) is 8.54. The van der Waals surface area contributed by atoms with E-state index >= 15 is 0 Å². The first-order chi connectivity index (χ1) is 12.3. The minimum absolute atomic E-state index is 0.237. The lowest BCUT2D eigenvalue weighted by atomic mass is 9.87. The van der Waals surface area contributed by atoms with E-state index in [-0.39, 0.29) is 11.0 Å². The van der Waals surface area contributed by atoms with Crippen LogP contribution in [0.4, 0.5) is 13.2 Å². The number of aromatic nitrogens is 3. The summed E-state index contributed by atoms with van der Waals surface area (Å²) in [5.74, 6) is 0.237. The van der Waals surface area contributed by atoms with Crippen molar-refractivity contribution in [2.45, 2.75) is 39.3 Å². The van der Waals surface area contributed by atoms with Crippen LogP contribution in [0.1, 0.15) is 35.9 Å². The number of halogens is 3. The van der Waals surface area contributed by atoms with Gasteiger partial charge in [-0.2, -0.15) is 18.3 Å². The van der Waals surface area contributed by atoms with Crippen LogP contribution in [-0.2, 0) is 19.0 Å². The second-order valence-corrected chi connectivity index (χ2v) is 7.75. The fourth-order valence-corrected chi connectivity index (χ4v) is 4.18. The Labute approximate surface area is 153 Å². The molecule has 0 amide bonds. The van der Waals surface area contributed by atoms with Gasteiger partial charge in [0, 0.05) is 16.5 Å². The first kappa shape index (κ1) is 17.3. The van der Waals surface area contributed by atoms with Crippen molar-refractivity contribution >= 4 is 11.3 Å². The van der Waals surface area contributed by atoms with E-state index in [1.807, 2.05) is 38.1 Å². The highest BCUT2D eigenvalue weighted by Gasteiger charge is 2.42. The molecule has 7 heteroatoms. The van der Waals surface area contributed by atoms with Crippen LogP contribution < -0.4 is 0 Å². The van der Waals surface area contributed by atoms with Gasteiger partial charge in [-0.25, -0.2) is 9.67 Å². The van der Waals surface area contributed by atoms with Gasteiger partial charge in [0.25, 0.3) is 0 Å². The van der Waals surface area contributed by atoms with Crippen LogP contribution >= 0.6 is 11.3 Å². The lowest BCUT2D eigenvalue weighted by Gasteiger charge is -2.18. The number of rotatable bonds is 2. The number of benzene rings is 1. The zero-order chi connectivity index (χ0) is 18.5. The van der Waals surface area contributed by atoms with Gasteiger partial charge in [0.1, 0.15) is 0 Å². The predicted octanol–water partition coefficient (Wildman–Crippen LogP) is 5.45. The standard InChI is InChI=1S/C19H18F3N3S/c1-11-3-6-13(7-4-11)16-10-26-18(23-16)25-17(19(20,21)22)14-9-12(2)5-8-15(14)24-25/h3-4,6-7,10,12H,5,8-9H2,1-2H3/t12-/m0/s1. The lowest BCUT2D eigenvalue weighted by Crippen LogP contribution is -2.18. The van der Waals surface area contributed by atoms with Crippen LogP contribution in [-0.4, -0.2) is 14.8 Å². The van der Waals surface area contributed by atoms with E-state index < -0.39 is 11.9 Å².